The summed E-state index contributed by atoms with van der Waals surface area (Å²) in [5.74, 6) is 0.481. The van der Waals surface area contributed by atoms with Gasteiger partial charge in [-0.25, -0.2) is 13.1 Å². The number of furan rings is 1. The van der Waals surface area contributed by atoms with Crippen LogP contribution in [0.15, 0.2) is 39.8 Å². The number of hydrogen-bond donors (Lipinski definition) is 2. The molecule has 0 unspecified atom stereocenters. The Morgan fingerprint density at radius 1 is 1.15 bits per heavy atom. The smallest absolute Gasteiger partial charge is 0.273 e. The van der Waals surface area contributed by atoms with Gasteiger partial charge < -0.3 is 9.73 Å². The molecule has 8 heteroatoms. The molecule has 0 radical (unpaired) electrons. The van der Waals surface area contributed by atoms with Gasteiger partial charge in [0.25, 0.3) is 10.0 Å². The zero-order valence-corrected chi connectivity index (χ0v) is 12.8. The summed E-state index contributed by atoms with van der Waals surface area (Å²) in [7, 11) is -2.24. The molecule has 0 spiro atoms. The van der Waals surface area contributed by atoms with Gasteiger partial charge in [0.1, 0.15) is 5.76 Å². The minimum Gasteiger partial charge on any atom is -0.446 e. The van der Waals surface area contributed by atoms with Crippen LogP contribution in [0.25, 0.3) is 0 Å². The van der Waals surface area contributed by atoms with Crippen LogP contribution in [-0.4, -0.2) is 15.5 Å². The molecule has 1 aromatic carbocycles. The molecule has 5 nitrogen and oxygen atoms in total. The highest BCUT2D eigenvalue weighted by molar-refractivity contribution is 7.89. The predicted octanol–water partition coefficient (Wildman–Crippen LogP) is 3.11. The number of halogens is 2. The Bertz CT molecular complexity index is 693. The quantitative estimate of drug-likeness (QED) is 0.881. The molecular weight excluding hydrogens is 323 g/mol. The maximum Gasteiger partial charge on any atom is 0.273 e. The van der Waals surface area contributed by atoms with Gasteiger partial charge in [0.05, 0.1) is 6.54 Å². The van der Waals surface area contributed by atoms with Crippen LogP contribution in [0.1, 0.15) is 5.76 Å². The fraction of sp³-hybridized carbons (Fsp3) is 0.167. The van der Waals surface area contributed by atoms with Gasteiger partial charge >= 0.3 is 0 Å². The molecule has 0 amide bonds. The molecule has 2 aromatic rings. The number of rotatable bonds is 5. The zero-order chi connectivity index (χ0) is 14.8. The summed E-state index contributed by atoms with van der Waals surface area (Å²) < 4.78 is 30.5. The molecule has 0 atom stereocenters. The molecule has 108 valence electrons. The van der Waals surface area contributed by atoms with Crippen LogP contribution in [0.4, 0.5) is 5.69 Å². The minimum atomic E-state index is -3.56. The molecule has 2 N–H and O–H groups in total. The lowest BCUT2D eigenvalue weighted by Gasteiger charge is -2.05. The number of sulfonamides is 1. The van der Waals surface area contributed by atoms with Crippen molar-refractivity contribution in [2.75, 3.05) is 12.4 Å². The van der Waals surface area contributed by atoms with E-state index in [0.717, 1.165) is 5.69 Å². The highest BCUT2D eigenvalue weighted by Gasteiger charge is 2.16. The molecule has 0 aliphatic heterocycles. The van der Waals surface area contributed by atoms with Crippen LogP contribution in [0.2, 0.25) is 10.0 Å². The van der Waals surface area contributed by atoms with E-state index in [1.807, 2.05) is 0 Å². The molecule has 0 bridgehead atoms. The van der Waals surface area contributed by atoms with E-state index in [1.165, 1.54) is 13.1 Å². The van der Waals surface area contributed by atoms with Crippen molar-refractivity contribution in [1.29, 1.82) is 0 Å². The van der Waals surface area contributed by atoms with Crippen molar-refractivity contribution in [3.63, 3.8) is 0 Å². The molecule has 1 heterocycles. The van der Waals surface area contributed by atoms with Crippen molar-refractivity contribution in [1.82, 2.24) is 4.72 Å². The first-order chi connectivity index (χ1) is 9.40. The second kappa shape index (κ2) is 6.05. The first-order valence-electron chi connectivity index (χ1n) is 5.63. The lowest BCUT2D eigenvalue weighted by atomic mass is 10.3. The number of nitrogens with one attached hydrogen (secondary N) is 2. The lowest BCUT2D eigenvalue weighted by Crippen LogP contribution is -2.17. The number of benzene rings is 1. The topological polar surface area (TPSA) is 71.3 Å². The molecule has 2 rings (SSSR count). The second-order valence-corrected chi connectivity index (χ2v) is 6.63. The molecule has 0 saturated heterocycles. The van der Waals surface area contributed by atoms with Crippen molar-refractivity contribution < 1.29 is 12.8 Å². The molecule has 0 fully saturated rings. The van der Waals surface area contributed by atoms with Crippen molar-refractivity contribution in [2.24, 2.45) is 0 Å². The van der Waals surface area contributed by atoms with Gasteiger partial charge in [0, 0.05) is 15.7 Å². The Morgan fingerprint density at radius 2 is 1.80 bits per heavy atom. The third kappa shape index (κ3) is 3.67. The predicted molar refractivity (Wildman–Crippen MR) is 78.7 cm³/mol. The zero-order valence-electron chi connectivity index (χ0n) is 10.5. The lowest BCUT2D eigenvalue weighted by molar-refractivity contribution is 0.417. The third-order valence-corrected chi connectivity index (χ3v) is 4.22. The molecule has 0 aliphatic carbocycles. The van der Waals surface area contributed by atoms with E-state index in [-0.39, 0.29) is 5.09 Å². The van der Waals surface area contributed by atoms with E-state index in [1.54, 1.807) is 24.3 Å². The second-order valence-electron chi connectivity index (χ2n) is 3.94. The molecule has 20 heavy (non-hydrogen) atoms. The van der Waals surface area contributed by atoms with Gasteiger partial charge in [-0.3, -0.25) is 0 Å². The number of anilines is 1. The third-order valence-electron chi connectivity index (χ3n) is 2.50. The Morgan fingerprint density at radius 3 is 2.40 bits per heavy atom. The van der Waals surface area contributed by atoms with Gasteiger partial charge in [-0.1, -0.05) is 23.2 Å². The fourth-order valence-corrected chi connectivity index (χ4v) is 2.73. The van der Waals surface area contributed by atoms with E-state index in [2.05, 4.69) is 10.0 Å². The van der Waals surface area contributed by atoms with E-state index >= 15 is 0 Å². The average Bonchev–Trinajstić information content (AvgIpc) is 2.85. The standard InChI is InChI=1S/C12H12Cl2N2O3S/c1-15-20(17,18)12-3-2-11(19-12)7-16-10-5-8(13)4-9(14)6-10/h2-6,15-16H,7H2,1H3. The summed E-state index contributed by atoms with van der Waals surface area (Å²) in [6, 6.07) is 8.03. The van der Waals surface area contributed by atoms with Crippen molar-refractivity contribution >= 4 is 38.9 Å². The highest BCUT2D eigenvalue weighted by atomic mass is 35.5. The molecule has 0 saturated carbocycles. The van der Waals surface area contributed by atoms with Crippen molar-refractivity contribution in [3.8, 4) is 0 Å². The van der Waals surface area contributed by atoms with E-state index in [4.69, 9.17) is 27.6 Å². The van der Waals surface area contributed by atoms with E-state index < -0.39 is 10.0 Å². The Kier molecular flexibility index (Phi) is 4.59. The summed E-state index contributed by atoms with van der Waals surface area (Å²) >= 11 is 11.8. The van der Waals surface area contributed by atoms with Crippen LogP contribution in [-0.2, 0) is 16.6 Å². The first kappa shape index (κ1) is 15.2. The Hall–Kier alpha value is -1.21. The SMILES string of the molecule is CNS(=O)(=O)c1ccc(CNc2cc(Cl)cc(Cl)c2)o1. The molecule has 1 aromatic heterocycles. The van der Waals surface area contributed by atoms with Gasteiger partial charge in [-0.15, -0.1) is 0 Å². The van der Waals surface area contributed by atoms with Gasteiger partial charge in [0.15, 0.2) is 0 Å². The normalized spacial score (nSPS) is 11.6. The molecular formula is C12H12Cl2N2O3S. The van der Waals surface area contributed by atoms with Crippen LogP contribution in [0.5, 0.6) is 0 Å². The Labute approximate surface area is 126 Å². The summed E-state index contributed by atoms with van der Waals surface area (Å²) in [4.78, 5) is 0. The average molecular weight is 335 g/mol. The van der Waals surface area contributed by atoms with E-state index in [9.17, 15) is 8.42 Å². The van der Waals surface area contributed by atoms with Crippen molar-refractivity contribution in [3.05, 3.63) is 46.1 Å². The van der Waals surface area contributed by atoms with Crippen LogP contribution in [0, 0.1) is 0 Å². The van der Waals surface area contributed by atoms with Gasteiger partial charge in [-0.05, 0) is 37.4 Å². The van der Waals surface area contributed by atoms with E-state index in [0.29, 0.717) is 22.4 Å². The van der Waals surface area contributed by atoms with Gasteiger partial charge in [0.2, 0.25) is 5.09 Å². The summed E-state index contributed by atoms with van der Waals surface area (Å²) in [5, 5.41) is 3.95. The largest absolute Gasteiger partial charge is 0.446 e. The number of hydrogen-bond acceptors (Lipinski definition) is 4. The maximum atomic E-state index is 11.5. The van der Waals surface area contributed by atoms with Crippen LogP contribution in [0.3, 0.4) is 0 Å². The van der Waals surface area contributed by atoms with Crippen LogP contribution < -0.4 is 10.0 Å². The van der Waals surface area contributed by atoms with Crippen LogP contribution >= 0.6 is 23.2 Å². The molecule has 0 aliphatic rings. The maximum absolute atomic E-state index is 11.5. The minimum absolute atomic E-state index is 0.124. The highest BCUT2D eigenvalue weighted by Crippen LogP contribution is 2.23. The summed E-state index contributed by atoms with van der Waals surface area (Å²) in [6.45, 7) is 0.315. The van der Waals surface area contributed by atoms with Gasteiger partial charge in [-0.2, -0.15) is 0 Å². The summed E-state index contributed by atoms with van der Waals surface area (Å²) in [6.07, 6.45) is 0. The summed E-state index contributed by atoms with van der Waals surface area (Å²) in [5.41, 5.74) is 0.719. The monoisotopic (exact) mass is 334 g/mol. The first-order valence-corrected chi connectivity index (χ1v) is 7.87. The van der Waals surface area contributed by atoms with Crippen molar-refractivity contribution in [2.45, 2.75) is 11.6 Å². The Balaban J connectivity index is 2.08. The fourth-order valence-electron chi connectivity index (χ4n) is 1.54.